The van der Waals surface area contributed by atoms with Gasteiger partial charge in [-0.15, -0.1) is 0 Å². The van der Waals surface area contributed by atoms with E-state index in [0.717, 1.165) is 50.9 Å². The van der Waals surface area contributed by atoms with E-state index in [1.807, 2.05) is 0 Å². The fourth-order valence-corrected chi connectivity index (χ4v) is 14.2. The van der Waals surface area contributed by atoms with E-state index >= 15 is 0 Å². The predicted octanol–water partition coefficient (Wildman–Crippen LogP) is 17.9. The number of anilines is 6. The van der Waals surface area contributed by atoms with Gasteiger partial charge in [0.15, 0.2) is 0 Å². The van der Waals surface area contributed by atoms with E-state index in [1.165, 1.54) is 81.2 Å². The zero-order valence-electron chi connectivity index (χ0n) is 43.0. The second-order valence-corrected chi connectivity index (χ2v) is 29.6. The maximum absolute atomic E-state index is 2.48. The van der Waals surface area contributed by atoms with Crippen molar-refractivity contribution < 1.29 is 0 Å². The maximum atomic E-state index is 2.48. The highest BCUT2D eigenvalue weighted by molar-refractivity contribution is 6.88. The number of benzene rings is 12. The van der Waals surface area contributed by atoms with E-state index in [1.54, 1.807) is 0 Å². The lowest BCUT2D eigenvalue weighted by molar-refractivity contribution is 1.18. The molecule has 0 radical (unpaired) electrons. The zero-order chi connectivity index (χ0) is 50.5. The Balaban J connectivity index is 0.939. The molecule has 0 saturated carbocycles. The molecule has 0 amide bonds. The second-order valence-electron chi connectivity index (χ2n) is 21.6. The van der Waals surface area contributed by atoms with Crippen LogP contribution in [0.1, 0.15) is 0 Å². The van der Waals surface area contributed by atoms with Crippen LogP contribution in [0.15, 0.2) is 243 Å². The summed E-state index contributed by atoms with van der Waals surface area (Å²) in [6.07, 6.45) is 0. The van der Waals surface area contributed by atoms with Crippen molar-refractivity contribution in [2.45, 2.75) is 32.7 Å². The van der Waals surface area contributed by atoms with Crippen LogP contribution in [0.4, 0.5) is 34.1 Å². The first-order valence-corrected chi connectivity index (χ1v) is 32.8. The molecule has 0 aliphatic carbocycles. The summed E-state index contributed by atoms with van der Waals surface area (Å²) in [4.78, 5) is 4.97. The minimum atomic E-state index is -1.56. The molecule has 0 fully saturated rings. The summed E-state index contributed by atoms with van der Waals surface area (Å²) >= 11 is 0. The standard InChI is InChI=1S/C69H56N4Si2/c1-74(2)56-34-30-52(31-35-56)70(60-40-42-64-68-58(60)38-28-46-16-14-26-62(66(46)68)72(64)50-20-8-6-9-21-50)54-24-12-18-48(44-54)49-19-13-25-55(45-49)71(53-32-36-57(37-33-53)75(3,4)5)61-41-43-65-69-59(61)39-29-47-17-15-27-63(67(47)69)73(65)51-22-10-7-11-23-51/h6-45,74H,1-5H3. The normalized spacial score (nSPS) is 12.2. The molecule has 2 aromatic heterocycles. The highest BCUT2D eigenvalue weighted by atomic mass is 28.3. The maximum Gasteiger partial charge on any atom is 0.0775 e. The third kappa shape index (κ3) is 7.31. The van der Waals surface area contributed by atoms with E-state index < -0.39 is 16.9 Å². The molecule has 14 rings (SSSR count). The molecule has 12 aromatic carbocycles. The molecule has 4 nitrogen and oxygen atoms in total. The quantitative estimate of drug-likeness (QED) is 0.0948. The Morgan fingerprint density at radius 2 is 0.773 bits per heavy atom. The van der Waals surface area contributed by atoms with Gasteiger partial charge in [-0.3, -0.25) is 0 Å². The number of hydrogen-bond donors (Lipinski definition) is 0. The second kappa shape index (κ2) is 17.5. The average Bonchev–Trinajstić information content (AvgIpc) is 4.12. The van der Waals surface area contributed by atoms with Crippen LogP contribution in [0.2, 0.25) is 32.7 Å². The van der Waals surface area contributed by atoms with E-state index in [-0.39, 0.29) is 0 Å². The Bertz CT molecular complexity index is 4410. The van der Waals surface area contributed by atoms with E-state index in [4.69, 9.17) is 0 Å². The molecule has 0 bridgehead atoms. The first kappa shape index (κ1) is 45.0. The van der Waals surface area contributed by atoms with Gasteiger partial charge in [-0.05, 0) is 131 Å². The van der Waals surface area contributed by atoms with E-state index in [0.29, 0.717) is 0 Å². The topological polar surface area (TPSA) is 16.3 Å². The average molecular weight is 997 g/mol. The van der Waals surface area contributed by atoms with Gasteiger partial charge in [-0.2, -0.15) is 0 Å². The van der Waals surface area contributed by atoms with Gasteiger partial charge in [0.1, 0.15) is 0 Å². The minimum Gasteiger partial charge on any atom is -0.310 e. The van der Waals surface area contributed by atoms with Gasteiger partial charge in [-0.25, -0.2) is 0 Å². The Labute approximate surface area is 440 Å². The molecule has 0 spiro atoms. The lowest BCUT2D eigenvalue weighted by Crippen LogP contribution is -2.37. The van der Waals surface area contributed by atoms with Crippen LogP contribution in [0.3, 0.4) is 0 Å². The smallest absolute Gasteiger partial charge is 0.0775 e. The lowest BCUT2D eigenvalue weighted by Gasteiger charge is -2.29. The summed E-state index contributed by atoms with van der Waals surface area (Å²) in [6.45, 7) is 12.1. The first-order chi connectivity index (χ1) is 36.7. The van der Waals surface area contributed by atoms with Crippen LogP contribution >= 0.6 is 0 Å². The largest absolute Gasteiger partial charge is 0.310 e. The van der Waals surface area contributed by atoms with E-state index in [9.17, 15) is 0 Å². The van der Waals surface area contributed by atoms with Crippen molar-refractivity contribution in [1.29, 1.82) is 0 Å². The third-order valence-corrected chi connectivity index (χ3v) is 19.5. The number of rotatable bonds is 11. The molecule has 0 aliphatic rings. The Morgan fingerprint density at radius 1 is 0.347 bits per heavy atom. The van der Waals surface area contributed by atoms with Crippen molar-refractivity contribution in [2.75, 3.05) is 9.80 Å². The highest BCUT2D eigenvalue weighted by Gasteiger charge is 2.26. The summed E-state index contributed by atoms with van der Waals surface area (Å²) in [6, 6.07) is 90.8. The van der Waals surface area contributed by atoms with Gasteiger partial charge in [0.2, 0.25) is 0 Å². The Hall–Kier alpha value is -8.69. The molecule has 75 heavy (non-hydrogen) atoms. The van der Waals surface area contributed by atoms with Crippen LogP contribution < -0.4 is 20.2 Å². The summed E-state index contributed by atoms with van der Waals surface area (Å²) in [5.41, 5.74) is 16.3. The molecule has 14 aromatic rings. The zero-order valence-corrected chi connectivity index (χ0v) is 45.1. The summed E-state index contributed by atoms with van der Waals surface area (Å²) in [5, 5.41) is 13.0. The molecule has 6 heteroatoms. The fourth-order valence-electron chi connectivity index (χ4n) is 12.1. The number of nitrogens with zero attached hydrogens (tertiary/aromatic N) is 4. The van der Waals surface area contributed by atoms with Crippen molar-refractivity contribution in [3.63, 3.8) is 0 Å². The van der Waals surface area contributed by atoms with Crippen molar-refractivity contribution in [1.82, 2.24) is 9.13 Å². The van der Waals surface area contributed by atoms with Crippen LogP contribution in [-0.2, 0) is 0 Å². The molecular weight excluding hydrogens is 941 g/mol. The molecular formula is C69H56N4Si2. The van der Waals surface area contributed by atoms with Crippen LogP contribution in [-0.4, -0.2) is 26.0 Å². The van der Waals surface area contributed by atoms with Gasteiger partial charge in [0, 0.05) is 66.4 Å². The van der Waals surface area contributed by atoms with E-state index in [2.05, 4.69) is 294 Å². The monoisotopic (exact) mass is 996 g/mol. The minimum absolute atomic E-state index is 1.02. The summed E-state index contributed by atoms with van der Waals surface area (Å²) in [7, 11) is -2.59. The summed E-state index contributed by atoms with van der Waals surface area (Å²) in [5.74, 6) is 0. The van der Waals surface area contributed by atoms with Gasteiger partial charge < -0.3 is 18.9 Å². The molecule has 0 aliphatic heterocycles. The molecule has 2 heterocycles. The van der Waals surface area contributed by atoms with Gasteiger partial charge in [0.05, 0.1) is 50.3 Å². The number of hydrogen-bond acceptors (Lipinski definition) is 2. The van der Waals surface area contributed by atoms with Crippen LogP contribution in [0.5, 0.6) is 0 Å². The highest BCUT2D eigenvalue weighted by Crippen LogP contribution is 2.49. The third-order valence-electron chi connectivity index (χ3n) is 15.7. The summed E-state index contributed by atoms with van der Waals surface area (Å²) < 4.78 is 4.87. The molecule has 0 atom stereocenters. The molecule has 0 saturated heterocycles. The van der Waals surface area contributed by atoms with Crippen molar-refractivity contribution in [3.05, 3.63) is 243 Å². The Kier molecular flexibility index (Phi) is 10.5. The van der Waals surface area contributed by atoms with Crippen molar-refractivity contribution in [2.24, 2.45) is 0 Å². The van der Waals surface area contributed by atoms with Crippen LogP contribution in [0, 0.1) is 0 Å². The number of para-hydroxylation sites is 2. The fraction of sp³-hybridized carbons (Fsp3) is 0.0725. The first-order valence-electron chi connectivity index (χ1n) is 26.4. The van der Waals surface area contributed by atoms with Crippen LogP contribution in [0.25, 0.3) is 87.7 Å². The predicted molar refractivity (Wildman–Crippen MR) is 329 cm³/mol. The molecule has 360 valence electrons. The lowest BCUT2D eigenvalue weighted by atomic mass is 9.98. The SMILES string of the molecule is C[SiH](C)c1ccc(N(c2cccc(-c3cccc(N(c4ccc([Si](C)(C)C)cc4)c4ccc5c6c4ccc4cccc(c46)n5-c4ccccc4)c3)c2)c2ccc3c4c2ccc2cccc(c24)n3-c2ccccc2)cc1. The molecule has 0 unspecified atom stereocenters. The number of aromatic nitrogens is 2. The Morgan fingerprint density at radius 3 is 1.21 bits per heavy atom. The van der Waals surface area contributed by atoms with Crippen molar-refractivity contribution >= 4 is 127 Å². The van der Waals surface area contributed by atoms with Gasteiger partial charge in [0.25, 0.3) is 0 Å². The molecule has 0 N–H and O–H groups in total. The van der Waals surface area contributed by atoms with Gasteiger partial charge in [-0.1, -0.05) is 177 Å². The van der Waals surface area contributed by atoms with Gasteiger partial charge >= 0.3 is 0 Å². The van der Waals surface area contributed by atoms with Crippen molar-refractivity contribution in [3.8, 4) is 22.5 Å².